The molecule has 8 heteroatoms. The van der Waals surface area contributed by atoms with E-state index in [2.05, 4.69) is 55.2 Å². The van der Waals surface area contributed by atoms with Crippen molar-refractivity contribution in [2.75, 3.05) is 0 Å². The van der Waals surface area contributed by atoms with E-state index in [1.807, 2.05) is 30.3 Å². The van der Waals surface area contributed by atoms with Crippen LogP contribution in [-0.4, -0.2) is 16.3 Å². The maximum atomic E-state index is 10.2. The van der Waals surface area contributed by atoms with Gasteiger partial charge in [-0.1, -0.05) is 23.2 Å². The largest absolute Gasteiger partial charge is 0.506 e. The van der Waals surface area contributed by atoms with Crippen molar-refractivity contribution in [3.8, 4) is 17.2 Å². The summed E-state index contributed by atoms with van der Waals surface area (Å²) in [4.78, 5) is 8.99. The molecule has 0 aliphatic heterocycles. The number of aromatic nitrogens is 1. The van der Waals surface area contributed by atoms with E-state index in [9.17, 15) is 5.11 Å². The summed E-state index contributed by atoms with van der Waals surface area (Å²) in [5, 5.41) is 11.1. The number of hydrogen-bond acceptors (Lipinski definition) is 4. The number of fused-ring (bicyclic) bond motifs is 1. The monoisotopic (exact) mass is 634 g/mol. The number of aliphatic imine (C=N–C) groups is 1. The van der Waals surface area contributed by atoms with Crippen molar-refractivity contribution >= 4 is 91.4 Å². The van der Waals surface area contributed by atoms with Crippen LogP contribution in [0.15, 0.2) is 57.9 Å². The van der Waals surface area contributed by atoms with Crippen molar-refractivity contribution in [2.45, 2.75) is 0 Å². The van der Waals surface area contributed by atoms with Crippen LogP contribution in [-0.2, 0) is 0 Å². The van der Waals surface area contributed by atoms with Crippen molar-refractivity contribution in [1.29, 1.82) is 0 Å². The molecule has 0 atom stereocenters. The molecule has 0 aliphatic carbocycles. The van der Waals surface area contributed by atoms with Crippen LogP contribution >= 0.6 is 68.4 Å². The quantitative estimate of drug-likeness (QED) is 0.188. The van der Waals surface area contributed by atoms with Gasteiger partial charge >= 0.3 is 0 Å². The molecule has 0 saturated heterocycles. The number of oxazole rings is 1. The van der Waals surface area contributed by atoms with E-state index in [4.69, 9.17) is 27.6 Å². The minimum absolute atomic E-state index is 0.217. The Morgan fingerprint density at radius 3 is 2.61 bits per heavy atom. The molecule has 0 aliphatic rings. The molecule has 140 valence electrons. The topological polar surface area (TPSA) is 58.6 Å². The summed E-state index contributed by atoms with van der Waals surface area (Å²) in [6.45, 7) is 0. The van der Waals surface area contributed by atoms with Crippen LogP contribution in [0.1, 0.15) is 5.56 Å². The Bertz CT molecular complexity index is 1240. The van der Waals surface area contributed by atoms with Crippen LogP contribution in [0.4, 0.5) is 5.69 Å². The van der Waals surface area contributed by atoms with Crippen LogP contribution in [0.5, 0.6) is 5.75 Å². The summed E-state index contributed by atoms with van der Waals surface area (Å²) < 4.78 is 7.62. The number of aromatic hydroxyl groups is 1. The average molecular weight is 635 g/mol. The normalized spacial score (nSPS) is 11.6. The Kier molecular flexibility index (Phi) is 5.82. The predicted octanol–water partition coefficient (Wildman–Crippen LogP) is 7.47. The van der Waals surface area contributed by atoms with E-state index >= 15 is 0 Å². The van der Waals surface area contributed by atoms with E-state index in [1.54, 1.807) is 24.4 Å². The first-order valence-corrected chi connectivity index (χ1v) is 10.9. The summed E-state index contributed by atoms with van der Waals surface area (Å²) in [6, 6.07) is 14.5. The summed E-state index contributed by atoms with van der Waals surface area (Å²) in [6.07, 6.45) is 1.64. The van der Waals surface area contributed by atoms with Crippen LogP contribution in [0.2, 0.25) is 10.0 Å². The molecule has 0 fully saturated rings. The maximum absolute atomic E-state index is 10.2. The number of nitrogens with zero attached hydrogens (tertiary/aromatic N) is 2. The lowest BCUT2D eigenvalue weighted by Crippen LogP contribution is -1.87. The predicted molar refractivity (Wildman–Crippen MR) is 130 cm³/mol. The molecular weight excluding hydrogens is 625 g/mol. The highest BCUT2D eigenvalue weighted by molar-refractivity contribution is 14.1. The van der Waals surface area contributed by atoms with Crippen molar-refractivity contribution in [1.82, 2.24) is 4.98 Å². The number of phenolic OH excluding ortho intramolecular Hbond substituents is 1. The van der Waals surface area contributed by atoms with Crippen LogP contribution in [0.25, 0.3) is 22.6 Å². The smallest absolute Gasteiger partial charge is 0.227 e. The second-order valence-electron chi connectivity index (χ2n) is 5.88. The molecular formula is C20H10Cl2I2N2O2. The van der Waals surface area contributed by atoms with Gasteiger partial charge in [0.15, 0.2) is 5.58 Å². The van der Waals surface area contributed by atoms with E-state index in [0.29, 0.717) is 38.3 Å². The third-order valence-corrected chi connectivity index (χ3v) is 6.13. The molecule has 0 amide bonds. The third kappa shape index (κ3) is 4.14. The zero-order valence-electron chi connectivity index (χ0n) is 14.0. The van der Waals surface area contributed by atoms with Gasteiger partial charge in [0.1, 0.15) is 11.3 Å². The first-order valence-electron chi connectivity index (χ1n) is 7.99. The molecule has 4 rings (SSSR count). The molecule has 1 N–H and O–H groups in total. The van der Waals surface area contributed by atoms with Gasteiger partial charge in [-0.15, -0.1) is 0 Å². The van der Waals surface area contributed by atoms with Crippen molar-refractivity contribution in [3.63, 3.8) is 0 Å². The van der Waals surface area contributed by atoms with Gasteiger partial charge < -0.3 is 9.52 Å². The lowest BCUT2D eigenvalue weighted by molar-refractivity contribution is 0.470. The fraction of sp³-hybridized carbons (Fsp3) is 0. The van der Waals surface area contributed by atoms with Crippen molar-refractivity contribution in [2.24, 2.45) is 4.99 Å². The number of halogens is 4. The summed E-state index contributed by atoms with van der Waals surface area (Å²) in [5.41, 5.74) is 3.43. The molecule has 1 aromatic heterocycles. The Hall–Kier alpha value is -1.36. The van der Waals surface area contributed by atoms with Crippen LogP contribution < -0.4 is 0 Å². The fourth-order valence-electron chi connectivity index (χ4n) is 2.58. The van der Waals surface area contributed by atoms with Gasteiger partial charge in [0.05, 0.1) is 19.3 Å². The number of benzene rings is 3. The minimum Gasteiger partial charge on any atom is -0.506 e. The van der Waals surface area contributed by atoms with Gasteiger partial charge in [-0.2, -0.15) is 0 Å². The highest BCUT2D eigenvalue weighted by Crippen LogP contribution is 2.31. The fourth-order valence-corrected chi connectivity index (χ4v) is 4.76. The zero-order chi connectivity index (χ0) is 19.8. The highest BCUT2D eigenvalue weighted by atomic mass is 127. The summed E-state index contributed by atoms with van der Waals surface area (Å²) >= 11 is 16.4. The molecule has 0 spiro atoms. The van der Waals surface area contributed by atoms with E-state index in [-0.39, 0.29) is 5.75 Å². The molecule has 1 heterocycles. The standard InChI is InChI=1S/C20H10Cl2I2N2O2/c21-14-3-1-10(6-15(14)22)20-26-17-8-13(2-4-18(17)28-20)25-9-11-5-12(23)7-16(24)19(11)27/h1-9,27H. The van der Waals surface area contributed by atoms with Gasteiger partial charge in [0.2, 0.25) is 5.89 Å². The molecule has 0 bridgehead atoms. The second kappa shape index (κ2) is 8.17. The third-order valence-electron chi connectivity index (χ3n) is 3.95. The molecule has 4 nitrogen and oxygen atoms in total. The molecule has 0 unspecified atom stereocenters. The maximum Gasteiger partial charge on any atom is 0.227 e. The first kappa shape index (κ1) is 19.9. The van der Waals surface area contributed by atoms with Gasteiger partial charge in [-0.25, -0.2) is 4.98 Å². The van der Waals surface area contributed by atoms with Crippen molar-refractivity contribution in [3.05, 3.63) is 71.3 Å². The van der Waals surface area contributed by atoms with E-state index in [1.165, 1.54) is 0 Å². The van der Waals surface area contributed by atoms with Crippen LogP contribution in [0.3, 0.4) is 0 Å². The molecule has 4 aromatic rings. The Morgan fingerprint density at radius 1 is 1.00 bits per heavy atom. The average Bonchev–Trinajstić information content (AvgIpc) is 3.09. The Balaban J connectivity index is 1.68. The van der Waals surface area contributed by atoms with E-state index < -0.39 is 0 Å². The second-order valence-corrected chi connectivity index (χ2v) is 9.11. The summed E-state index contributed by atoms with van der Waals surface area (Å²) in [7, 11) is 0. The molecule has 0 radical (unpaired) electrons. The lowest BCUT2D eigenvalue weighted by Gasteiger charge is -2.02. The number of hydrogen-bond donors (Lipinski definition) is 1. The molecule has 28 heavy (non-hydrogen) atoms. The Labute approximate surface area is 197 Å². The summed E-state index contributed by atoms with van der Waals surface area (Å²) in [5.74, 6) is 0.675. The van der Waals surface area contributed by atoms with Gasteiger partial charge in [-0.3, -0.25) is 4.99 Å². The first-order chi connectivity index (χ1) is 13.4. The van der Waals surface area contributed by atoms with Gasteiger partial charge in [0.25, 0.3) is 0 Å². The highest BCUT2D eigenvalue weighted by Gasteiger charge is 2.11. The Morgan fingerprint density at radius 2 is 1.82 bits per heavy atom. The molecule has 3 aromatic carbocycles. The van der Waals surface area contributed by atoms with Crippen LogP contribution in [0, 0.1) is 7.14 Å². The van der Waals surface area contributed by atoms with Gasteiger partial charge in [0, 0.05) is 20.9 Å². The molecule has 0 saturated carbocycles. The number of phenols is 1. The van der Waals surface area contributed by atoms with Gasteiger partial charge in [-0.05, 0) is 93.7 Å². The number of rotatable bonds is 3. The zero-order valence-corrected chi connectivity index (χ0v) is 19.8. The SMILES string of the molecule is Oc1c(I)cc(I)cc1C=Nc1ccc2oc(-c3ccc(Cl)c(Cl)c3)nc2c1. The lowest BCUT2D eigenvalue weighted by atomic mass is 10.2. The minimum atomic E-state index is 0.217. The van der Waals surface area contributed by atoms with Crippen molar-refractivity contribution < 1.29 is 9.52 Å². The van der Waals surface area contributed by atoms with E-state index in [0.717, 1.165) is 12.7 Å².